The van der Waals surface area contributed by atoms with Crippen molar-refractivity contribution in [3.05, 3.63) is 35.9 Å². The third kappa shape index (κ3) is 1.75. The first-order valence-corrected chi connectivity index (χ1v) is 6.15. The van der Waals surface area contributed by atoms with E-state index in [1.165, 1.54) is 0 Å². The van der Waals surface area contributed by atoms with Crippen molar-refractivity contribution in [1.82, 2.24) is 4.90 Å². The molecular weight excluding hydrogens is 214 g/mol. The van der Waals surface area contributed by atoms with Gasteiger partial charge < -0.3 is 4.90 Å². The second-order valence-corrected chi connectivity index (χ2v) is 4.91. The summed E-state index contributed by atoms with van der Waals surface area (Å²) < 4.78 is 0. The van der Waals surface area contributed by atoms with Gasteiger partial charge in [-0.05, 0) is 25.0 Å². The molecule has 2 aliphatic heterocycles. The minimum atomic E-state index is 0.0885. The third-order valence-electron chi connectivity index (χ3n) is 3.80. The molecule has 0 radical (unpaired) electrons. The average Bonchev–Trinajstić information content (AvgIpc) is 2.62. The quantitative estimate of drug-likeness (QED) is 0.738. The van der Waals surface area contributed by atoms with E-state index in [0.29, 0.717) is 18.6 Å². The predicted molar refractivity (Wildman–Crippen MR) is 63.7 cm³/mol. The van der Waals surface area contributed by atoms with E-state index in [1.807, 2.05) is 35.2 Å². The Morgan fingerprint density at radius 3 is 2.24 bits per heavy atom. The number of nitrogens with zero attached hydrogens (tertiary/aromatic N) is 1. The molecule has 2 bridgehead atoms. The molecule has 2 aliphatic rings. The van der Waals surface area contributed by atoms with Crippen molar-refractivity contribution in [2.75, 3.05) is 0 Å². The molecule has 1 aromatic rings. The molecule has 3 nitrogen and oxygen atoms in total. The van der Waals surface area contributed by atoms with Gasteiger partial charge >= 0.3 is 0 Å². The van der Waals surface area contributed by atoms with Crippen LogP contribution in [0.1, 0.15) is 36.0 Å². The molecule has 3 heteroatoms. The number of hydrogen-bond acceptors (Lipinski definition) is 2. The minimum absolute atomic E-state index is 0.0885. The number of piperidine rings is 1. The largest absolute Gasteiger partial charge is 0.332 e. The van der Waals surface area contributed by atoms with Crippen LogP contribution in [0.25, 0.3) is 0 Å². The van der Waals surface area contributed by atoms with Gasteiger partial charge in [-0.2, -0.15) is 0 Å². The first kappa shape index (κ1) is 10.5. The van der Waals surface area contributed by atoms with Crippen LogP contribution in [-0.4, -0.2) is 28.7 Å². The van der Waals surface area contributed by atoms with Crippen molar-refractivity contribution in [1.29, 1.82) is 0 Å². The fourth-order valence-electron chi connectivity index (χ4n) is 3.03. The average molecular weight is 229 g/mol. The zero-order valence-corrected chi connectivity index (χ0v) is 9.63. The summed E-state index contributed by atoms with van der Waals surface area (Å²) in [6.07, 6.45) is 3.06. The van der Waals surface area contributed by atoms with E-state index in [1.54, 1.807) is 0 Å². The zero-order valence-electron chi connectivity index (χ0n) is 9.63. The predicted octanol–water partition coefficient (Wildman–Crippen LogP) is 2.02. The van der Waals surface area contributed by atoms with Crippen LogP contribution in [0.5, 0.6) is 0 Å². The van der Waals surface area contributed by atoms with Gasteiger partial charge in [0.1, 0.15) is 5.78 Å². The number of amides is 1. The summed E-state index contributed by atoms with van der Waals surface area (Å²) in [6, 6.07) is 9.65. The van der Waals surface area contributed by atoms with Crippen molar-refractivity contribution in [3.63, 3.8) is 0 Å². The summed E-state index contributed by atoms with van der Waals surface area (Å²) in [5.74, 6) is 0.403. The summed E-state index contributed by atoms with van der Waals surface area (Å²) in [5, 5.41) is 0. The lowest BCUT2D eigenvalue weighted by molar-refractivity contribution is -0.122. The lowest BCUT2D eigenvalue weighted by Crippen LogP contribution is -2.46. The van der Waals surface area contributed by atoms with E-state index < -0.39 is 0 Å². The van der Waals surface area contributed by atoms with Gasteiger partial charge in [0.25, 0.3) is 5.91 Å². The second kappa shape index (κ2) is 3.99. The Morgan fingerprint density at radius 2 is 1.65 bits per heavy atom. The molecular formula is C14H15NO2. The Labute approximate surface area is 100 Å². The molecule has 0 N–H and O–H groups in total. The molecule has 0 aromatic heterocycles. The normalized spacial score (nSPS) is 27.3. The topological polar surface area (TPSA) is 37.4 Å². The second-order valence-electron chi connectivity index (χ2n) is 4.91. The molecule has 1 amide bonds. The van der Waals surface area contributed by atoms with Crippen molar-refractivity contribution in [3.8, 4) is 0 Å². The molecule has 2 heterocycles. The monoisotopic (exact) mass is 229 g/mol. The minimum Gasteiger partial charge on any atom is -0.332 e. The summed E-state index contributed by atoms with van der Waals surface area (Å²) in [6.45, 7) is 0. The smallest absolute Gasteiger partial charge is 0.254 e. The Morgan fingerprint density at radius 1 is 1.06 bits per heavy atom. The number of carbonyl (C=O) groups excluding carboxylic acids is 2. The van der Waals surface area contributed by atoms with Crippen LogP contribution < -0.4 is 0 Å². The number of rotatable bonds is 1. The first-order chi connectivity index (χ1) is 8.25. The highest BCUT2D eigenvalue weighted by atomic mass is 16.2. The van der Waals surface area contributed by atoms with E-state index in [4.69, 9.17) is 0 Å². The molecule has 88 valence electrons. The van der Waals surface area contributed by atoms with Crippen molar-refractivity contribution >= 4 is 11.7 Å². The Kier molecular flexibility index (Phi) is 2.46. The first-order valence-electron chi connectivity index (χ1n) is 6.15. The number of hydrogen-bond donors (Lipinski definition) is 0. The van der Waals surface area contributed by atoms with Gasteiger partial charge in [-0.15, -0.1) is 0 Å². The van der Waals surface area contributed by atoms with Crippen molar-refractivity contribution < 1.29 is 9.59 Å². The maximum Gasteiger partial charge on any atom is 0.254 e. The molecule has 2 fully saturated rings. The van der Waals surface area contributed by atoms with Gasteiger partial charge in [0.2, 0.25) is 0 Å². The van der Waals surface area contributed by atoms with Gasteiger partial charge in [-0.1, -0.05) is 18.2 Å². The van der Waals surface area contributed by atoms with Crippen LogP contribution in [-0.2, 0) is 4.79 Å². The molecule has 0 unspecified atom stereocenters. The van der Waals surface area contributed by atoms with Gasteiger partial charge in [-0.3, -0.25) is 9.59 Å². The highest BCUT2D eigenvalue weighted by Gasteiger charge is 2.42. The highest BCUT2D eigenvalue weighted by Crippen LogP contribution is 2.34. The SMILES string of the molecule is O=C1C[C@H]2CC[C@H](C1)N2C(=O)c1ccccc1. The molecule has 0 saturated carbocycles. The van der Waals surface area contributed by atoms with Crippen LogP contribution in [0.4, 0.5) is 0 Å². The van der Waals surface area contributed by atoms with Gasteiger partial charge in [0.05, 0.1) is 0 Å². The number of benzene rings is 1. The van der Waals surface area contributed by atoms with Gasteiger partial charge in [0, 0.05) is 30.5 Å². The molecule has 1 aromatic carbocycles. The molecule has 2 atom stereocenters. The summed E-state index contributed by atoms with van der Waals surface area (Å²) in [7, 11) is 0. The molecule has 0 aliphatic carbocycles. The van der Waals surface area contributed by atoms with Gasteiger partial charge in [-0.25, -0.2) is 0 Å². The van der Waals surface area contributed by atoms with Crippen LogP contribution in [0, 0.1) is 0 Å². The standard InChI is InChI=1S/C14H15NO2/c16-13-8-11-6-7-12(9-13)15(11)14(17)10-4-2-1-3-5-10/h1-5,11-12H,6-9H2/t11-,12-/m1/s1. The lowest BCUT2D eigenvalue weighted by atomic mass is 10.00. The Hall–Kier alpha value is -1.64. The van der Waals surface area contributed by atoms with Crippen LogP contribution >= 0.6 is 0 Å². The maximum absolute atomic E-state index is 12.4. The summed E-state index contributed by atoms with van der Waals surface area (Å²) in [5.41, 5.74) is 0.735. The third-order valence-corrected chi connectivity index (χ3v) is 3.80. The summed E-state index contributed by atoms with van der Waals surface area (Å²) in [4.78, 5) is 25.8. The van der Waals surface area contributed by atoms with Crippen LogP contribution in [0.2, 0.25) is 0 Å². The van der Waals surface area contributed by atoms with E-state index in [9.17, 15) is 9.59 Å². The lowest BCUT2D eigenvalue weighted by Gasteiger charge is -2.34. The molecule has 17 heavy (non-hydrogen) atoms. The van der Waals surface area contributed by atoms with E-state index in [0.717, 1.165) is 18.4 Å². The highest BCUT2D eigenvalue weighted by molar-refractivity contribution is 5.96. The summed E-state index contributed by atoms with van der Waals surface area (Å²) >= 11 is 0. The molecule has 0 spiro atoms. The molecule has 2 saturated heterocycles. The zero-order chi connectivity index (χ0) is 11.8. The van der Waals surface area contributed by atoms with Crippen LogP contribution in [0.3, 0.4) is 0 Å². The number of carbonyl (C=O) groups is 2. The van der Waals surface area contributed by atoms with E-state index >= 15 is 0 Å². The number of fused-ring (bicyclic) bond motifs is 2. The van der Waals surface area contributed by atoms with Gasteiger partial charge in [0.15, 0.2) is 0 Å². The van der Waals surface area contributed by atoms with Crippen molar-refractivity contribution in [2.24, 2.45) is 0 Å². The number of Topliss-reactive ketones (excluding diaryl/α,β-unsaturated/α-hetero) is 1. The van der Waals surface area contributed by atoms with Crippen molar-refractivity contribution in [2.45, 2.75) is 37.8 Å². The maximum atomic E-state index is 12.4. The molecule has 3 rings (SSSR count). The number of ketones is 1. The Balaban J connectivity index is 1.86. The fraction of sp³-hybridized carbons (Fsp3) is 0.429. The van der Waals surface area contributed by atoms with Crippen LogP contribution in [0.15, 0.2) is 30.3 Å². The fourth-order valence-corrected chi connectivity index (χ4v) is 3.03. The van der Waals surface area contributed by atoms with E-state index in [-0.39, 0.29) is 18.0 Å². The van der Waals surface area contributed by atoms with E-state index in [2.05, 4.69) is 0 Å². The Bertz CT molecular complexity index is 439.